The Balaban J connectivity index is 3.09. The Labute approximate surface area is 213 Å². The molecular weight excluding hydrogens is 494 g/mol. The van der Waals surface area contributed by atoms with Gasteiger partial charge in [0, 0.05) is 13.0 Å². The fourth-order valence-electron chi connectivity index (χ4n) is 3.87. The van der Waals surface area contributed by atoms with Gasteiger partial charge in [-0.15, -0.1) is 0 Å². The predicted octanol–water partition coefficient (Wildman–Crippen LogP) is -2.14. The molecule has 0 saturated carbocycles. The minimum atomic E-state index is -1.63. The minimum Gasteiger partial charge on any atom is -0.481 e. The molecule has 0 aliphatic carbocycles. The van der Waals surface area contributed by atoms with Crippen LogP contribution in [0.2, 0.25) is 0 Å². The molecule has 0 spiro atoms. The highest BCUT2D eigenvalue weighted by atomic mass is 16.4. The molecule has 208 valence electrons. The summed E-state index contributed by atoms with van der Waals surface area (Å²) in [6.45, 7) is 2.99. The highest BCUT2D eigenvalue weighted by molar-refractivity contribution is 5.97. The number of hydrogen-bond acceptors (Lipinski definition) is 8. The van der Waals surface area contributed by atoms with E-state index in [9.17, 15) is 43.8 Å². The quantitative estimate of drug-likeness (QED) is 0.121. The molecule has 1 fully saturated rings. The molecule has 0 aromatic rings. The van der Waals surface area contributed by atoms with Crippen LogP contribution in [0.1, 0.15) is 52.4 Å². The average Bonchev–Trinajstić information content (AvgIpc) is 3.32. The van der Waals surface area contributed by atoms with Crippen molar-refractivity contribution in [2.75, 3.05) is 13.1 Å². The van der Waals surface area contributed by atoms with Crippen LogP contribution in [0, 0.1) is 5.92 Å². The Bertz CT molecular complexity index is 895. The topological polar surface area (TPSA) is 246 Å². The van der Waals surface area contributed by atoms with Gasteiger partial charge in [-0.05, 0) is 25.2 Å². The highest BCUT2D eigenvalue weighted by Gasteiger charge is 2.40. The lowest BCUT2D eigenvalue weighted by Crippen LogP contribution is -2.58. The van der Waals surface area contributed by atoms with Gasteiger partial charge in [-0.2, -0.15) is 0 Å². The number of nitrogens with two attached hydrogens (primary N) is 1. The second-order valence-corrected chi connectivity index (χ2v) is 8.82. The van der Waals surface area contributed by atoms with E-state index in [1.54, 1.807) is 13.8 Å². The number of carboxylic acids is 3. The average molecular weight is 530 g/mol. The van der Waals surface area contributed by atoms with Crippen molar-refractivity contribution in [1.82, 2.24) is 20.9 Å². The minimum absolute atomic E-state index is 0.0658. The number of carbonyl (C=O) groups is 7. The number of likely N-dealkylation sites (tertiary alicyclic amines) is 1. The van der Waals surface area contributed by atoms with E-state index < -0.39 is 91.0 Å². The SMILES string of the molecule is CC[C@H](C)[C@H](NC(=O)[C@@H]1CCCN1C(=O)[C@H](CC(=O)O)NC(=O)[C@H](CCC(=O)O)NC(=O)CN)C(=O)O. The van der Waals surface area contributed by atoms with Gasteiger partial charge in [0.1, 0.15) is 24.2 Å². The van der Waals surface area contributed by atoms with Gasteiger partial charge in [-0.25, -0.2) is 4.79 Å². The van der Waals surface area contributed by atoms with E-state index in [2.05, 4.69) is 16.0 Å². The molecule has 0 bridgehead atoms. The maximum absolute atomic E-state index is 13.3. The van der Waals surface area contributed by atoms with E-state index in [0.717, 1.165) is 4.90 Å². The molecular formula is C22H35N5O10. The summed E-state index contributed by atoms with van der Waals surface area (Å²) in [4.78, 5) is 85.7. The van der Waals surface area contributed by atoms with Crippen LogP contribution in [-0.4, -0.2) is 99.0 Å². The molecule has 0 aromatic carbocycles. The second-order valence-electron chi connectivity index (χ2n) is 8.82. The van der Waals surface area contributed by atoms with Crippen LogP contribution < -0.4 is 21.7 Å². The van der Waals surface area contributed by atoms with Crippen molar-refractivity contribution in [3.8, 4) is 0 Å². The molecule has 0 radical (unpaired) electrons. The van der Waals surface area contributed by atoms with Gasteiger partial charge in [0.15, 0.2) is 0 Å². The maximum Gasteiger partial charge on any atom is 0.326 e. The number of nitrogens with zero attached hydrogens (tertiary/aromatic N) is 1. The Kier molecular flexibility index (Phi) is 12.4. The lowest BCUT2D eigenvalue weighted by Gasteiger charge is -2.30. The Morgan fingerprint density at radius 3 is 2.14 bits per heavy atom. The van der Waals surface area contributed by atoms with E-state index in [4.69, 9.17) is 10.8 Å². The molecule has 8 N–H and O–H groups in total. The third-order valence-corrected chi connectivity index (χ3v) is 6.09. The molecule has 1 saturated heterocycles. The van der Waals surface area contributed by atoms with Crippen LogP contribution in [0.5, 0.6) is 0 Å². The Morgan fingerprint density at radius 2 is 1.62 bits per heavy atom. The van der Waals surface area contributed by atoms with Crippen molar-refractivity contribution < 1.29 is 48.9 Å². The van der Waals surface area contributed by atoms with E-state index >= 15 is 0 Å². The molecule has 37 heavy (non-hydrogen) atoms. The van der Waals surface area contributed by atoms with Crippen LogP contribution in [0.4, 0.5) is 0 Å². The normalized spacial score (nSPS) is 18.1. The largest absolute Gasteiger partial charge is 0.481 e. The zero-order chi connectivity index (χ0) is 28.3. The van der Waals surface area contributed by atoms with Gasteiger partial charge in [-0.3, -0.25) is 28.8 Å². The number of amides is 4. The highest BCUT2D eigenvalue weighted by Crippen LogP contribution is 2.20. The summed E-state index contributed by atoms with van der Waals surface area (Å²) in [6.07, 6.45) is -0.645. The van der Waals surface area contributed by atoms with Gasteiger partial charge >= 0.3 is 17.9 Å². The summed E-state index contributed by atoms with van der Waals surface area (Å²) in [7, 11) is 0. The van der Waals surface area contributed by atoms with Gasteiger partial charge in [-0.1, -0.05) is 20.3 Å². The first-order valence-electron chi connectivity index (χ1n) is 11.9. The molecule has 4 amide bonds. The van der Waals surface area contributed by atoms with Crippen molar-refractivity contribution in [3.63, 3.8) is 0 Å². The summed E-state index contributed by atoms with van der Waals surface area (Å²) in [5, 5.41) is 34.6. The van der Waals surface area contributed by atoms with Gasteiger partial charge in [0.2, 0.25) is 23.6 Å². The molecule has 1 heterocycles. The number of rotatable bonds is 15. The van der Waals surface area contributed by atoms with Crippen LogP contribution in [0.15, 0.2) is 0 Å². The molecule has 5 atom stereocenters. The summed E-state index contributed by atoms with van der Waals surface area (Å²) in [5.41, 5.74) is 5.23. The zero-order valence-corrected chi connectivity index (χ0v) is 20.8. The van der Waals surface area contributed by atoms with E-state index in [1.165, 1.54) is 0 Å². The fraction of sp³-hybridized carbons (Fsp3) is 0.682. The first-order valence-corrected chi connectivity index (χ1v) is 11.9. The molecule has 0 aromatic heterocycles. The third kappa shape index (κ3) is 9.67. The molecule has 0 unspecified atom stereocenters. The zero-order valence-electron chi connectivity index (χ0n) is 20.8. The lowest BCUT2D eigenvalue weighted by atomic mass is 9.98. The van der Waals surface area contributed by atoms with Crippen LogP contribution in [0.3, 0.4) is 0 Å². The first kappa shape index (κ1) is 31.3. The number of aliphatic carboxylic acids is 3. The lowest BCUT2D eigenvalue weighted by molar-refractivity contribution is -0.148. The molecule has 1 aliphatic rings. The van der Waals surface area contributed by atoms with Crippen molar-refractivity contribution in [1.29, 1.82) is 0 Å². The summed E-state index contributed by atoms with van der Waals surface area (Å²) in [6, 6.07) is -5.30. The Morgan fingerprint density at radius 1 is 0.973 bits per heavy atom. The fourth-order valence-corrected chi connectivity index (χ4v) is 3.87. The summed E-state index contributed by atoms with van der Waals surface area (Å²) >= 11 is 0. The van der Waals surface area contributed by atoms with E-state index in [0.29, 0.717) is 12.8 Å². The number of carboxylic acid groups (broad SMARTS) is 3. The third-order valence-electron chi connectivity index (χ3n) is 6.09. The number of carbonyl (C=O) groups excluding carboxylic acids is 4. The van der Waals surface area contributed by atoms with Crippen LogP contribution in [-0.2, 0) is 33.6 Å². The van der Waals surface area contributed by atoms with Gasteiger partial charge in [0.05, 0.1) is 13.0 Å². The summed E-state index contributed by atoms with van der Waals surface area (Å²) < 4.78 is 0. The van der Waals surface area contributed by atoms with Crippen LogP contribution >= 0.6 is 0 Å². The maximum atomic E-state index is 13.3. The van der Waals surface area contributed by atoms with Crippen molar-refractivity contribution in [2.45, 2.75) is 76.5 Å². The van der Waals surface area contributed by atoms with Crippen molar-refractivity contribution in [3.05, 3.63) is 0 Å². The monoisotopic (exact) mass is 529 g/mol. The Hall–Kier alpha value is -3.75. The van der Waals surface area contributed by atoms with Crippen molar-refractivity contribution >= 4 is 41.5 Å². The van der Waals surface area contributed by atoms with Crippen molar-refractivity contribution in [2.24, 2.45) is 11.7 Å². The van der Waals surface area contributed by atoms with Crippen LogP contribution in [0.25, 0.3) is 0 Å². The second kappa shape index (κ2) is 14.7. The number of nitrogens with one attached hydrogen (secondary N) is 3. The summed E-state index contributed by atoms with van der Waals surface area (Å²) in [5.74, 6) is -7.67. The van der Waals surface area contributed by atoms with E-state index in [-0.39, 0.29) is 19.4 Å². The standard InChI is InChI=1S/C22H35N5O10/c1-3-11(2)18(22(36)37)26-20(34)14-5-4-8-27(14)21(35)13(9-17(31)32)25-19(33)12(6-7-16(29)30)24-15(28)10-23/h11-14,18H,3-10,23H2,1-2H3,(H,24,28)(H,25,33)(H,26,34)(H,29,30)(H,31,32)(H,36,37)/t11-,12-,13-,14-,18-/m0/s1. The van der Waals surface area contributed by atoms with Gasteiger partial charge in [0.25, 0.3) is 0 Å². The molecule has 1 aliphatic heterocycles. The molecule has 1 rings (SSSR count). The first-order chi connectivity index (χ1) is 17.3. The smallest absolute Gasteiger partial charge is 0.326 e. The molecule has 15 nitrogen and oxygen atoms in total. The van der Waals surface area contributed by atoms with Gasteiger partial charge < -0.3 is 41.9 Å². The number of hydrogen-bond donors (Lipinski definition) is 7. The predicted molar refractivity (Wildman–Crippen MR) is 126 cm³/mol. The molecule has 15 heteroatoms. The van der Waals surface area contributed by atoms with E-state index in [1.807, 2.05) is 0 Å².